The van der Waals surface area contributed by atoms with Crippen molar-refractivity contribution in [1.29, 1.82) is 0 Å². The van der Waals surface area contributed by atoms with E-state index in [-0.39, 0.29) is 5.91 Å². The molecule has 8 nitrogen and oxygen atoms in total. The van der Waals surface area contributed by atoms with E-state index in [4.69, 9.17) is 0 Å². The molecule has 1 aliphatic rings. The van der Waals surface area contributed by atoms with E-state index in [0.717, 1.165) is 5.56 Å². The highest BCUT2D eigenvalue weighted by molar-refractivity contribution is 5.96. The number of aryl methyl sites for hydroxylation is 2. The van der Waals surface area contributed by atoms with Gasteiger partial charge in [0.1, 0.15) is 11.1 Å². The Balaban J connectivity index is 1.49. The maximum atomic E-state index is 12.8. The Kier molecular flexibility index (Phi) is 3.91. The lowest BCUT2D eigenvalue weighted by atomic mass is 9.87. The van der Waals surface area contributed by atoms with Crippen molar-refractivity contribution in [3.05, 3.63) is 47.4 Å². The standard InChI is InChI=1S/C18H20N6O2/c1-12-3-4-15(19-10-12)18(26)5-7-24(8-6-18)17(25)13-9-14-16(20-11-13)23(2)22-21-14/h3-4,9-11,26H,5-8H2,1-2H3. The molecule has 26 heavy (non-hydrogen) atoms. The Morgan fingerprint density at radius 2 is 1.96 bits per heavy atom. The predicted octanol–water partition coefficient (Wildman–Crippen LogP) is 1.19. The van der Waals surface area contributed by atoms with E-state index in [1.807, 2.05) is 19.1 Å². The average molecular weight is 352 g/mol. The molecule has 1 N–H and O–H groups in total. The van der Waals surface area contributed by atoms with Crippen LogP contribution in [-0.2, 0) is 12.6 Å². The first kappa shape index (κ1) is 16.6. The van der Waals surface area contributed by atoms with Gasteiger partial charge in [-0.25, -0.2) is 9.67 Å². The van der Waals surface area contributed by atoms with Crippen LogP contribution >= 0.6 is 0 Å². The van der Waals surface area contributed by atoms with Crippen LogP contribution in [0.4, 0.5) is 0 Å². The number of likely N-dealkylation sites (tertiary alicyclic amines) is 1. The van der Waals surface area contributed by atoms with Crippen molar-refractivity contribution >= 4 is 17.1 Å². The van der Waals surface area contributed by atoms with Gasteiger partial charge in [0, 0.05) is 32.5 Å². The molecule has 4 rings (SSSR count). The van der Waals surface area contributed by atoms with Gasteiger partial charge in [-0.2, -0.15) is 0 Å². The molecule has 0 atom stereocenters. The van der Waals surface area contributed by atoms with Gasteiger partial charge < -0.3 is 10.0 Å². The molecule has 0 unspecified atom stereocenters. The van der Waals surface area contributed by atoms with Gasteiger partial charge in [0.05, 0.1) is 11.3 Å². The Morgan fingerprint density at radius 1 is 1.19 bits per heavy atom. The van der Waals surface area contributed by atoms with Crippen molar-refractivity contribution in [3.8, 4) is 0 Å². The van der Waals surface area contributed by atoms with Gasteiger partial charge in [0.15, 0.2) is 5.65 Å². The summed E-state index contributed by atoms with van der Waals surface area (Å²) in [4.78, 5) is 23.1. The number of hydrogen-bond donors (Lipinski definition) is 1. The fourth-order valence-electron chi connectivity index (χ4n) is 3.30. The monoisotopic (exact) mass is 352 g/mol. The van der Waals surface area contributed by atoms with Crippen LogP contribution in [0, 0.1) is 6.92 Å². The Bertz CT molecular complexity index is 957. The van der Waals surface area contributed by atoms with Gasteiger partial charge >= 0.3 is 0 Å². The van der Waals surface area contributed by atoms with E-state index < -0.39 is 5.60 Å². The van der Waals surface area contributed by atoms with Gasteiger partial charge in [-0.3, -0.25) is 9.78 Å². The lowest BCUT2D eigenvalue weighted by Crippen LogP contribution is -2.45. The van der Waals surface area contributed by atoms with Crippen molar-refractivity contribution in [2.24, 2.45) is 7.05 Å². The van der Waals surface area contributed by atoms with E-state index in [1.54, 1.807) is 35.1 Å². The largest absolute Gasteiger partial charge is 0.383 e. The second-order valence-corrected chi connectivity index (χ2v) is 6.82. The van der Waals surface area contributed by atoms with Crippen molar-refractivity contribution in [3.63, 3.8) is 0 Å². The third-order valence-corrected chi connectivity index (χ3v) is 4.95. The van der Waals surface area contributed by atoms with Crippen LogP contribution in [0.2, 0.25) is 0 Å². The Morgan fingerprint density at radius 3 is 2.65 bits per heavy atom. The normalized spacial score (nSPS) is 16.8. The molecule has 1 amide bonds. The number of carbonyl (C=O) groups is 1. The molecule has 8 heteroatoms. The van der Waals surface area contributed by atoms with Crippen LogP contribution in [0.15, 0.2) is 30.6 Å². The van der Waals surface area contributed by atoms with Crippen molar-refractivity contribution in [2.75, 3.05) is 13.1 Å². The molecule has 0 radical (unpaired) electrons. The molecule has 0 aromatic carbocycles. The van der Waals surface area contributed by atoms with Crippen molar-refractivity contribution in [1.82, 2.24) is 29.9 Å². The zero-order valence-electron chi connectivity index (χ0n) is 14.8. The fraction of sp³-hybridized carbons (Fsp3) is 0.389. The number of pyridine rings is 2. The molecule has 3 aromatic heterocycles. The molecule has 0 spiro atoms. The zero-order valence-corrected chi connectivity index (χ0v) is 14.8. The maximum Gasteiger partial charge on any atom is 0.255 e. The summed E-state index contributed by atoms with van der Waals surface area (Å²) in [5.74, 6) is -0.107. The number of aromatic nitrogens is 5. The van der Waals surface area contributed by atoms with E-state index in [2.05, 4.69) is 20.3 Å². The fourth-order valence-corrected chi connectivity index (χ4v) is 3.30. The highest BCUT2D eigenvalue weighted by Gasteiger charge is 2.36. The van der Waals surface area contributed by atoms with Crippen LogP contribution < -0.4 is 0 Å². The summed E-state index contributed by atoms with van der Waals surface area (Å²) in [5, 5.41) is 18.8. The van der Waals surface area contributed by atoms with E-state index >= 15 is 0 Å². The van der Waals surface area contributed by atoms with Crippen LogP contribution in [-0.4, -0.2) is 54.0 Å². The first-order valence-electron chi connectivity index (χ1n) is 8.56. The van der Waals surface area contributed by atoms with E-state index in [1.165, 1.54) is 0 Å². The van der Waals surface area contributed by atoms with Gasteiger partial charge in [-0.1, -0.05) is 11.3 Å². The Labute approximate surface area is 150 Å². The number of fused-ring (bicyclic) bond motifs is 1. The molecule has 0 aliphatic carbocycles. The lowest BCUT2D eigenvalue weighted by molar-refractivity contribution is -0.0244. The second kappa shape index (κ2) is 6.14. The molecular weight excluding hydrogens is 332 g/mol. The number of piperidine rings is 1. The molecule has 1 aliphatic heterocycles. The van der Waals surface area contributed by atoms with Gasteiger partial charge in [-0.05, 0) is 37.5 Å². The van der Waals surface area contributed by atoms with E-state index in [0.29, 0.717) is 48.4 Å². The molecule has 1 fully saturated rings. The summed E-state index contributed by atoms with van der Waals surface area (Å²) in [6.07, 6.45) is 4.22. The number of carbonyl (C=O) groups excluding carboxylic acids is 1. The highest BCUT2D eigenvalue weighted by Crippen LogP contribution is 2.32. The summed E-state index contributed by atoms with van der Waals surface area (Å²) in [6.45, 7) is 2.89. The summed E-state index contributed by atoms with van der Waals surface area (Å²) < 4.78 is 1.57. The summed E-state index contributed by atoms with van der Waals surface area (Å²) in [5.41, 5.74) is 2.44. The second-order valence-electron chi connectivity index (χ2n) is 6.82. The minimum atomic E-state index is -0.989. The topological polar surface area (TPSA) is 97.0 Å². The quantitative estimate of drug-likeness (QED) is 0.744. The number of rotatable bonds is 2. The molecular formula is C18H20N6O2. The van der Waals surface area contributed by atoms with E-state index in [9.17, 15) is 9.90 Å². The molecule has 134 valence electrons. The summed E-state index contributed by atoms with van der Waals surface area (Å²) >= 11 is 0. The molecule has 0 saturated carbocycles. The Hall–Kier alpha value is -2.87. The number of aliphatic hydroxyl groups is 1. The van der Waals surface area contributed by atoms with Crippen LogP contribution in [0.25, 0.3) is 11.2 Å². The smallest absolute Gasteiger partial charge is 0.255 e. The summed E-state index contributed by atoms with van der Waals surface area (Å²) in [7, 11) is 1.76. The number of amides is 1. The third-order valence-electron chi connectivity index (χ3n) is 4.95. The van der Waals surface area contributed by atoms with Gasteiger partial charge in [-0.15, -0.1) is 5.10 Å². The third kappa shape index (κ3) is 2.82. The van der Waals surface area contributed by atoms with Gasteiger partial charge in [0.25, 0.3) is 5.91 Å². The average Bonchev–Trinajstić information content (AvgIpc) is 3.03. The molecule has 3 aromatic rings. The summed E-state index contributed by atoms with van der Waals surface area (Å²) in [6, 6.07) is 5.51. The highest BCUT2D eigenvalue weighted by atomic mass is 16.3. The number of nitrogens with zero attached hydrogens (tertiary/aromatic N) is 6. The maximum absolute atomic E-state index is 12.8. The van der Waals surface area contributed by atoms with Crippen LogP contribution in [0.5, 0.6) is 0 Å². The molecule has 0 bridgehead atoms. The molecule has 1 saturated heterocycles. The van der Waals surface area contributed by atoms with Crippen LogP contribution in [0.3, 0.4) is 0 Å². The lowest BCUT2D eigenvalue weighted by Gasteiger charge is -2.37. The predicted molar refractivity (Wildman–Crippen MR) is 94.3 cm³/mol. The minimum Gasteiger partial charge on any atom is -0.383 e. The van der Waals surface area contributed by atoms with Crippen LogP contribution in [0.1, 0.15) is 34.5 Å². The van der Waals surface area contributed by atoms with Crippen molar-refractivity contribution < 1.29 is 9.90 Å². The van der Waals surface area contributed by atoms with Crippen molar-refractivity contribution in [2.45, 2.75) is 25.4 Å². The first-order chi connectivity index (χ1) is 12.5. The minimum absolute atomic E-state index is 0.107. The SMILES string of the molecule is Cc1ccc(C2(O)CCN(C(=O)c3cnc4c(c3)nnn4C)CC2)nc1. The number of hydrogen-bond acceptors (Lipinski definition) is 6. The zero-order chi connectivity index (χ0) is 18.3. The molecule has 4 heterocycles. The first-order valence-corrected chi connectivity index (χ1v) is 8.56. The van der Waals surface area contributed by atoms with Gasteiger partial charge in [0.2, 0.25) is 0 Å².